The summed E-state index contributed by atoms with van der Waals surface area (Å²) in [4.78, 5) is 12.4. The zero-order valence-corrected chi connectivity index (χ0v) is 17.4. The van der Waals surface area contributed by atoms with Crippen LogP contribution in [0.2, 0.25) is 0 Å². The van der Waals surface area contributed by atoms with Crippen LogP contribution in [0.4, 0.5) is 11.4 Å². The molecule has 4 aromatic rings. The van der Waals surface area contributed by atoms with Crippen LogP contribution in [0.5, 0.6) is 5.75 Å². The maximum absolute atomic E-state index is 12.4. The first-order valence-electron chi connectivity index (χ1n) is 9.45. The largest absolute Gasteiger partial charge is 0.507 e. The van der Waals surface area contributed by atoms with Gasteiger partial charge >= 0.3 is 10.1 Å². The lowest BCUT2D eigenvalue weighted by atomic mass is 10.1. The Morgan fingerprint density at radius 3 is 2.16 bits per heavy atom. The number of fused-ring (bicyclic) bond motifs is 1. The van der Waals surface area contributed by atoms with Crippen molar-refractivity contribution >= 4 is 38.2 Å². The smallest absolute Gasteiger partial charge is 0.317 e. The molecule has 0 atom stereocenters. The van der Waals surface area contributed by atoms with Gasteiger partial charge in [0, 0.05) is 0 Å². The topological polar surface area (TPSA) is 117 Å². The predicted octanol–water partition coefficient (Wildman–Crippen LogP) is 5.20. The minimum Gasteiger partial charge on any atom is -0.507 e. The van der Waals surface area contributed by atoms with Gasteiger partial charge in [-0.1, -0.05) is 42.5 Å². The van der Waals surface area contributed by atoms with Crippen molar-refractivity contribution in [1.29, 1.82) is 0 Å². The summed E-state index contributed by atoms with van der Waals surface area (Å²) in [5, 5.41) is 19.3. The Balaban J connectivity index is 1.42. The number of benzene rings is 4. The lowest BCUT2D eigenvalue weighted by Crippen LogP contribution is -2.11. The fourth-order valence-electron chi connectivity index (χ4n) is 2.89. The maximum Gasteiger partial charge on any atom is 0.317 e. The van der Waals surface area contributed by atoms with Gasteiger partial charge < -0.3 is 5.11 Å². The van der Waals surface area contributed by atoms with Crippen LogP contribution in [-0.4, -0.2) is 19.4 Å². The van der Waals surface area contributed by atoms with Gasteiger partial charge in [0.05, 0.1) is 21.8 Å². The number of phenols is 1. The molecule has 8 nitrogen and oxygen atoms in total. The second-order valence-electron chi connectivity index (χ2n) is 6.72. The van der Waals surface area contributed by atoms with E-state index in [1.54, 1.807) is 24.3 Å². The molecule has 9 heteroatoms. The number of nitrogens with zero attached hydrogens (tertiary/aromatic N) is 2. The van der Waals surface area contributed by atoms with Crippen molar-refractivity contribution in [3.05, 3.63) is 96.6 Å². The Kier molecular flexibility index (Phi) is 5.93. The highest BCUT2D eigenvalue weighted by atomic mass is 32.2. The van der Waals surface area contributed by atoms with Gasteiger partial charge in [-0.15, -0.1) is 14.5 Å². The van der Waals surface area contributed by atoms with Crippen LogP contribution in [-0.2, 0) is 14.4 Å². The lowest BCUT2D eigenvalue weighted by molar-refractivity contribution is 0.0992. The van der Waals surface area contributed by atoms with Crippen LogP contribution >= 0.6 is 0 Å². The van der Waals surface area contributed by atoms with E-state index in [0.29, 0.717) is 11.4 Å². The van der Waals surface area contributed by atoms with Gasteiger partial charge in [-0.3, -0.25) is 4.79 Å². The molecule has 0 aliphatic rings. The first kappa shape index (κ1) is 21.2. The molecule has 0 radical (unpaired) electrons. The van der Waals surface area contributed by atoms with Crippen LogP contribution in [0, 0.1) is 0 Å². The molecular weight excluding hydrogens is 430 g/mol. The summed E-state index contributed by atoms with van der Waals surface area (Å²) in [5.41, 5.74) is 3.13. The Morgan fingerprint density at radius 2 is 1.47 bits per heavy atom. The number of hydrogen-bond acceptors (Lipinski definition) is 7. The van der Waals surface area contributed by atoms with E-state index in [4.69, 9.17) is 4.28 Å². The van der Waals surface area contributed by atoms with Gasteiger partial charge in [0.15, 0.2) is 0 Å². The van der Waals surface area contributed by atoms with E-state index in [1.165, 1.54) is 42.5 Å². The average molecular weight is 447 g/mol. The zero-order valence-electron chi connectivity index (χ0n) is 16.5. The fourth-order valence-corrected chi connectivity index (χ4v) is 3.68. The third-order valence-corrected chi connectivity index (χ3v) is 5.67. The van der Waals surface area contributed by atoms with Crippen molar-refractivity contribution in [2.75, 3.05) is 5.48 Å². The number of anilines is 1. The summed E-state index contributed by atoms with van der Waals surface area (Å²) in [6.45, 7) is 0. The van der Waals surface area contributed by atoms with Gasteiger partial charge in [-0.25, -0.2) is 5.48 Å². The molecule has 4 rings (SSSR count). The van der Waals surface area contributed by atoms with E-state index >= 15 is 0 Å². The summed E-state index contributed by atoms with van der Waals surface area (Å²) >= 11 is 0. The molecule has 0 aliphatic carbocycles. The Hall–Kier alpha value is -4.08. The van der Waals surface area contributed by atoms with E-state index in [9.17, 15) is 18.3 Å². The molecular formula is C23H17N3O5S. The van der Waals surface area contributed by atoms with Gasteiger partial charge in [-0.05, 0) is 59.3 Å². The number of carbonyl (C=O) groups excluding carboxylic acids is 1. The van der Waals surface area contributed by atoms with E-state index in [-0.39, 0.29) is 16.2 Å². The number of azo groups is 1. The molecule has 0 aromatic heterocycles. The predicted molar refractivity (Wildman–Crippen MR) is 119 cm³/mol. The highest BCUT2D eigenvalue weighted by molar-refractivity contribution is 7.86. The quantitative estimate of drug-likeness (QED) is 0.310. The molecule has 160 valence electrons. The average Bonchev–Trinajstić information content (AvgIpc) is 2.82. The number of nitrogens with one attached hydrogen (secondary N) is 1. The van der Waals surface area contributed by atoms with Gasteiger partial charge in [0.25, 0.3) is 5.91 Å². The monoisotopic (exact) mass is 447 g/mol. The van der Waals surface area contributed by atoms with Crippen LogP contribution in [0.25, 0.3) is 10.8 Å². The van der Waals surface area contributed by atoms with E-state index in [1.807, 2.05) is 24.3 Å². The van der Waals surface area contributed by atoms with Gasteiger partial charge in [0.1, 0.15) is 5.75 Å². The highest BCUT2D eigenvalue weighted by Crippen LogP contribution is 2.26. The second kappa shape index (κ2) is 8.96. The van der Waals surface area contributed by atoms with Crippen LogP contribution < -0.4 is 5.48 Å². The number of amides is 1. The van der Waals surface area contributed by atoms with Crippen molar-refractivity contribution < 1.29 is 22.6 Å². The fraction of sp³-hybridized carbons (Fsp3) is 0. The molecule has 0 unspecified atom stereocenters. The molecule has 0 aliphatic heterocycles. The molecule has 0 heterocycles. The molecule has 0 spiro atoms. The number of rotatable bonds is 6. The summed E-state index contributed by atoms with van der Waals surface area (Å²) in [6.07, 6.45) is 0. The van der Waals surface area contributed by atoms with E-state index in [2.05, 4.69) is 15.7 Å². The third kappa shape index (κ3) is 4.80. The third-order valence-electron chi connectivity index (χ3n) is 4.52. The molecule has 0 saturated heterocycles. The SMILES string of the molecule is O=C(N=Nc1ccc(NOS(=O)(=O)c2ccccc2)cc1)c1cc2ccccc2cc1O. The standard InChI is InChI=1S/C23H17N3O5S/c27-22-15-17-7-5-4-6-16(17)14-21(22)23(28)25-24-18-10-12-19(13-11-18)26-31-32(29,30)20-8-2-1-3-9-20/h1-15,26-27H. The summed E-state index contributed by atoms with van der Waals surface area (Å²) < 4.78 is 29.1. The van der Waals surface area contributed by atoms with Crippen molar-refractivity contribution in [2.24, 2.45) is 10.2 Å². The van der Waals surface area contributed by atoms with Crippen LogP contribution in [0.1, 0.15) is 10.4 Å². The Labute approximate surface area is 183 Å². The first-order valence-corrected chi connectivity index (χ1v) is 10.9. The zero-order chi connectivity index (χ0) is 22.6. The second-order valence-corrected chi connectivity index (χ2v) is 8.27. The molecule has 2 N–H and O–H groups in total. The van der Waals surface area contributed by atoms with Crippen molar-refractivity contribution in [3.63, 3.8) is 0 Å². The van der Waals surface area contributed by atoms with Crippen molar-refractivity contribution in [2.45, 2.75) is 4.90 Å². The Morgan fingerprint density at radius 1 is 0.844 bits per heavy atom. The molecule has 0 fully saturated rings. The van der Waals surface area contributed by atoms with E-state index < -0.39 is 16.0 Å². The molecule has 0 saturated carbocycles. The molecule has 0 bridgehead atoms. The van der Waals surface area contributed by atoms with Crippen molar-refractivity contribution in [3.8, 4) is 5.75 Å². The van der Waals surface area contributed by atoms with Crippen LogP contribution in [0.3, 0.4) is 0 Å². The minimum absolute atomic E-state index is 0.0216. The summed E-state index contributed by atoms with van der Waals surface area (Å²) in [5.74, 6) is -0.864. The summed E-state index contributed by atoms with van der Waals surface area (Å²) in [7, 11) is -3.96. The molecule has 4 aromatic carbocycles. The van der Waals surface area contributed by atoms with Gasteiger partial charge in [0.2, 0.25) is 0 Å². The highest BCUT2D eigenvalue weighted by Gasteiger charge is 2.15. The summed E-state index contributed by atoms with van der Waals surface area (Å²) in [6, 6.07) is 24.2. The van der Waals surface area contributed by atoms with Gasteiger partial charge in [-0.2, -0.15) is 8.42 Å². The lowest BCUT2D eigenvalue weighted by Gasteiger charge is -2.07. The molecule has 32 heavy (non-hydrogen) atoms. The molecule has 1 amide bonds. The van der Waals surface area contributed by atoms with E-state index in [0.717, 1.165) is 10.8 Å². The maximum atomic E-state index is 12.4. The number of carbonyl (C=O) groups is 1. The first-order chi connectivity index (χ1) is 15.4. The van der Waals surface area contributed by atoms with Crippen molar-refractivity contribution in [1.82, 2.24) is 0 Å². The normalized spacial score (nSPS) is 11.6. The number of hydrogen-bond donors (Lipinski definition) is 2. The number of phenolic OH excluding ortho intramolecular Hbond substituents is 1. The number of aromatic hydroxyl groups is 1. The van der Waals surface area contributed by atoms with Crippen LogP contribution in [0.15, 0.2) is 106 Å². The minimum atomic E-state index is -3.96. The Bertz CT molecular complexity index is 1400.